The summed E-state index contributed by atoms with van der Waals surface area (Å²) in [6.07, 6.45) is 0. The van der Waals surface area contributed by atoms with Gasteiger partial charge in [0, 0.05) is 22.9 Å². The molecule has 1 amide bonds. The average molecular weight is 375 g/mol. The number of carbonyl (C=O) groups excluding carboxylic acids is 1. The molecule has 0 aliphatic carbocycles. The Kier molecular flexibility index (Phi) is 5.69. The topological polar surface area (TPSA) is 50.8 Å². The minimum absolute atomic E-state index is 0.0462. The third-order valence-electron chi connectivity index (χ3n) is 4.29. The van der Waals surface area contributed by atoms with E-state index in [1.54, 1.807) is 24.3 Å². The number of halogens is 1. The second-order valence-electron chi connectivity index (χ2n) is 6.85. The third-order valence-corrected chi connectivity index (χ3v) is 4.54. The van der Waals surface area contributed by atoms with Gasteiger partial charge < -0.3 is 19.7 Å². The summed E-state index contributed by atoms with van der Waals surface area (Å²) in [4.78, 5) is 14.4. The maximum absolute atomic E-state index is 12.1. The van der Waals surface area contributed by atoms with Crippen LogP contribution in [-0.4, -0.2) is 37.8 Å². The van der Waals surface area contributed by atoms with Crippen molar-refractivity contribution >= 4 is 28.9 Å². The van der Waals surface area contributed by atoms with Gasteiger partial charge in [0.15, 0.2) is 6.61 Å². The van der Waals surface area contributed by atoms with Crippen LogP contribution in [0.5, 0.6) is 5.75 Å². The fraction of sp³-hybridized carbons (Fsp3) is 0.350. The first-order valence-electron chi connectivity index (χ1n) is 8.58. The van der Waals surface area contributed by atoms with E-state index in [2.05, 4.69) is 24.1 Å². The van der Waals surface area contributed by atoms with Crippen molar-refractivity contribution in [2.45, 2.75) is 19.4 Å². The molecule has 2 aromatic rings. The van der Waals surface area contributed by atoms with Gasteiger partial charge in [0.1, 0.15) is 5.75 Å². The molecular weight excluding hydrogens is 352 g/mol. The molecule has 1 fully saturated rings. The highest BCUT2D eigenvalue weighted by Gasteiger charge is 2.30. The van der Waals surface area contributed by atoms with Crippen molar-refractivity contribution in [3.63, 3.8) is 0 Å². The van der Waals surface area contributed by atoms with Crippen LogP contribution in [0.1, 0.15) is 13.8 Å². The Morgan fingerprint density at radius 1 is 1.19 bits per heavy atom. The number of ether oxygens (including phenoxy) is 2. The van der Waals surface area contributed by atoms with E-state index < -0.39 is 0 Å². The SMILES string of the molecule is CC1(C)COCCN1c1ccc(NC(=O)COc2ccc(Cl)cc2)cc1. The first-order chi connectivity index (χ1) is 12.4. The number of hydrogen-bond acceptors (Lipinski definition) is 4. The highest BCUT2D eigenvalue weighted by molar-refractivity contribution is 6.30. The summed E-state index contributed by atoms with van der Waals surface area (Å²) in [7, 11) is 0. The van der Waals surface area contributed by atoms with Gasteiger partial charge in [-0.05, 0) is 62.4 Å². The number of amides is 1. The molecule has 2 aromatic carbocycles. The lowest BCUT2D eigenvalue weighted by Gasteiger charge is -2.43. The van der Waals surface area contributed by atoms with Gasteiger partial charge in [-0.2, -0.15) is 0 Å². The summed E-state index contributed by atoms with van der Waals surface area (Å²) in [6, 6.07) is 14.7. The molecule has 26 heavy (non-hydrogen) atoms. The van der Waals surface area contributed by atoms with E-state index in [1.165, 1.54) is 0 Å². The van der Waals surface area contributed by atoms with E-state index in [0.29, 0.717) is 17.4 Å². The number of nitrogens with zero attached hydrogens (tertiary/aromatic N) is 1. The maximum atomic E-state index is 12.1. The summed E-state index contributed by atoms with van der Waals surface area (Å²) in [5, 5.41) is 3.47. The lowest BCUT2D eigenvalue weighted by Crippen LogP contribution is -2.53. The Bertz CT molecular complexity index is 745. The van der Waals surface area contributed by atoms with Crippen LogP contribution in [0.25, 0.3) is 0 Å². The summed E-state index contributed by atoms with van der Waals surface area (Å²) < 4.78 is 11.0. The van der Waals surface area contributed by atoms with Crippen LogP contribution in [0.4, 0.5) is 11.4 Å². The number of benzene rings is 2. The van der Waals surface area contributed by atoms with Crippen LogP contribution >= 0.6 is 11.6 Å². The van der Waals surface area contributed by atoms with Crippen molar-refractivity contribution in [2.24, 2.45) is 0 Å². The number of rotatable bonds is 5. The predicted molar refractivity (Wildman–Crippen MR) is 104 cm³/mol. The third kappa shape index (κ3) is 4.68. The molecule has 1 N–H and O–H groups in total. The monoisotopic (exact) mass is 374 g/mol. The van der Waals surface area contributed by atoms with Crippen LogP contribution in [0.2, 0.25) is 5.02 Å². The van der Waals surface area contributed by atoms with Gasteiger partial charge in [-0.1, -0.05) is 11.6 Å². The summed E-state index contributed by atoms with van der Waals surface area (Å²) in [5.74, 6) is 0.397. The molecule has 0 spiro atoms. The Balaban J connectivity index is 1.55. The van der Waals surface area contributed by atoms with Crippen LogP contribution in [0, 0.1) is 0 Å². The van der Waals surface area contributed by atoms with E-state index in [1.807, 2.05) is 24.3 Å². The van der Waals surface area contributed by atoms with E-state index in [9.17, 15) is 4.79 Å². The summed E-state index contributed by atoms with van der Waals surface area (Å²) in [6.45, 7) is 6.55. The Hall–Kier alpha value is -2.24. The first kappa shape index (κ1) is 18.5. The molecular formula is C20H23ClN2O3. The normalized spacial score (nSPS) is 16.2. The highest BCUT2D eigenvalue weighted by atomic mass is 35.5. The quantitative estimate of drug-likeness (QED) is 0.860. The summed E-state index contributed by atoms with van der Waals surface area (Å²) >= 11 is 5.82. The number of carbonyl (C=O) groups is 1. The smallest absolute Gasteiger partial charge is 0.262 e. The molecule has 1 saturated heterocycles. The molecule has 1 aliphatic heterocycles. The zero-order valence-corrected chi connectivity index (χ0v) is 15.8. The van der Waals surface area contributed by atoms with E-state index in [-0.39, 0.29) is 18.1 Å². The highest BCUT2D eigenvalue weighted by Crippen LogP contribution is 2.28. The molecule has 1 aliphatic rings. The number of anilines is 2. The zero-order valence-electron chi connectivity index (χ0n) is 15.0. The second-order valence-corrected chi connectivity index (χ2v) is 7.29. The molecule has 0 atom stereocenters. The molecule has 3 rings (SSSR count). The number of nitrogens with one attached hydrogen (secondary N) is 1. The molecule has 6 heteroatoms. The van der Waals surface area contributed by atoms with Gasteiger partial charge in [0.2, 0.25) is 0 Å². The maximum Gasteiger partial charge on any atom is 0.262 e. The molecule has 138 valence electrons. The number of morpholine rings is 1. The van der Waals surface area contributed by atoms with Gasteiger partial charge in [0.05, 0.1) is 18.8 Å². The van der Waals surface area contributed by atoms with Crippen molar-refractivity contribution in [2.75, 3.05) is 36.6 Å². The van der Waals surface area contributed by atoms with Crippen molar-refractivity contribution in [3.8, 4) is 5.75 Å². The van der Waals surface area contributed by atoms with E-state index in [4.69, 9.17) is 21.1 Å². The molecule has 0 radical (unpaired) electrons. The molecule has 1 heterocycles. The van der Waals surface area contributed by atoms with Gasteiger partial charge in [-0.25, -0.2) is 0 Å². The second kappa shape index (κ2) is 7.98. The largest absolute Gasteiger partial charge is 0.484 e. The van der Waals surface area contributed by atoms with Gasteiger partial charge in [-0.15, -0.1) is 0 Å². The molecule has 0 bridgehead atoms. The van der Waals surface area contributed by atoms with Crippen LogP contribution < -0.4 is 15.0 Å². The molecule has 0 unspecified atom stereocenters. The first-order valence-corrected chi connectivity index (χ1v) is 8.95. The van der Waals surface area contributed by atoms with Crippen molar-refractivity contribution in [1.29, 1.82) is 0 Å². The Labute approximate surface area is 158 Å². The van der Waals surface area contributed by atoms with Crippen molar-refractivity contribution in [1.82, 2.24) is 0 Å². The Morgan fingerprint density at radius 3 is 2.54 bits per heavy atom. The average Bonchev–Trinajstić information content (AvgIpc) is 2.62. The Morgan fingerprint density at radius 2 is 1.88 bits per heavy atom. The van der Waals surface area contributed by atoms with Gasteiger partial charge in [-0.3, -0.25) is 4.79 Å². The molecule has 0 saturated carbocycles. The van der Waals surface area contributed by atoms with Gasteiger partial charge >= 0.3 is 0 Å². The van der Waals surface area contributed by atoms with E-state index in [0.717, 1.165) is 24.5 Å². The lowest BCUT2D eigenvalue weighted by atomic mass is 10.0. The lowest BCUT2D eigenvalue weighted by molar-refractivity contribution is -0.118. The van der Waals surface area contributed by atoms with Crippen LogP contribution in [0.15, 0.2) is 48.5 Å². The minimum atomic E-state index is -0.209. The molecule has 0 aromatic heterocycles. The summed E-state index contributed by atoms with van der Waals surface area (Å²) in [5.41, 5.74) is 1.81. The fourth-order valence-electron chi connectivity index (χ4n) is 2.94. The zero-order chi connectivity index (χ0) is 18.6. The predicted octanol–water partition coefficient (Wildman–Crippen LogP) is 3.97. The molecule has 5 nitrogen and oxygen atoms in total. The van der Waals surface area contributed by atoms with Crippen molar-refractivity contribution < 1.29 is 14.3 Å². The van der Waals surface area contributed by atoms with Crippen LogP contribution in [0.3, 0.4) is 0 Å². The van der Waals surface area contributed by atoms with Gasteiger partial charge in [0.25, 0.3) is 5.91 Å². The minimum Gasteiger partial charge on any atom is -0.484 e. The van der Waals surface area contributed by atoms with E-state index >= 15 is 0 Å². The van der Waals surface area contributed by atoms with Crippen LogP contribution in [-0.2, 0) is 9.53 Å². The standard InChI is InChI=1S/C20H23ClN2O3/c1-20(2)14-25-12-11-23(20)17-7-5-16(6-8-17)22-19(24)13-26-18-9-3-15(21)4-10-18/h3-10H,11-14H2,1-2H3,(H,22,24). The number of hydrogen-bond donors (Lipinski definition) is 1. The fourth-order valence-corrected chi connectivity index (χ4v) is 3.06. The van der Waals surface area contributed by atoms with Crippen molar-refractivity contribution in [3.05, 3.63) is 53.6 Å².